The second-order valence-corrected chi connectivity index (χ2v) is 15.4. The van der Waals surface area contributed by atoms with Gasteiger partial charge in [0.25, 0.3) is 0 Å². The fourth-order valence-electron chi connectivity index (χ4n) is 6.05. The topological polar surface area (TPSA) is 195 Å². The molecule has 0 radical (unpaired) electrons. The number of carbonyl (C=O) groups excluding carboxylic acids is 4. The minimum atomic E-state index is -0.430. The van der Waals surface area contributed by atoms with E-state index in [9.17, 15) is 14.4 Å². The molecule has 0 aliphatic heterocycles. The van der Waals surface area contributed by atoms with Crippen LogP contribution in [0.2, 0.25) is 0 Å². The smallest absolute Gasteiger partial charge is 0.302 e. The molecule has 0 aliphatic rings. The number of aromatic amines is 2. The minimum absolute atomic E-state index is 0.0290. The summed E-state index contributed by atoms with van der Waals surface area (Å²) in [5, 5.41) is 3.16. The first-order valence-electron chi connectivity index (χ1n) is 23.7. The van der Waals surface area contributed by atoms with E-state index in [4.69, 9.17) is 9.53 Å². The van der Waals surface area contributed by atoms with Crippen LogP contribution in [0.25, 0.3) is 33.6 Å². The Morgan fingerprint density at radius 3 is 1.61 bits per heavy atom. The molecule has 14 nitrogen and oxygen atoms in total. The molecule has 386 valence electrons. The number of H-pyrrole nitrogens is 2. The third-order valence-corrected chi connectivity index (χ3v) is 9.04. The van der Waals surface area contributed by atoms with Crippen LogP contribution in [-0.2, 0) is 46.5 Å². The number of amides is 3. The van der Waals surface area contributed by atoms with E-state index in [1.165, 1.54) is 14.0 Å². The molecular formula is C56H85N7O7. The lowest BCUT2D eigenvalue weighted by molar-refractivity contribution is -0.138. The number of benzene rings is 3. The SMILES string of the molecule is C#C.C=C.CC.CC.CCCN(Cc1ncc(-c2ccc(-c3ccc(-c4cnc([C@@H](NC(=O)CC(C)C)[C@@H](C)OCc5ccccc5)[nH]4)cc3)cc2)[nH]1)C(=O)CC(C)C.COC.COC(C)=O.NC=O. The lowest BCUT2D eigenvalue weighted by Crippen LogP contribution is -2.37. The van der Waals surface area contributed by atoms with Crippen molar-refractivity contribution in [2.75, 3.05) is 27.9 Å². The fraction of sp³-hybridized carbons (Fsp3) is 0.429. The van der Waals surface area contributed by atoms with Gasteiger partial charge >= 0.3 is 5.97 Å². The first-order valence-corrected chi connectivity index (χ1v) is 23.7. The zero-order valence-corrected chi connectivity index (χ0v) is 44.6. The van der Waals surface area contributed by atoms with E-state index in [0.717, 1.165) is 58.0 Å². The van der Waals surface area contributed by atoms with Crippen molar-refractivity contribution in [3.63, 3.8) is 0 Å². The second-order valence-electron chi connectivity index (χ2n) is 15.4. The van der Waals surface area contributed by atoms with Crippen LogP contribution >= 0.6 is 0 Å². The number of primary amides is 1. The highest BCUT2D eigenvalue weighted by atomic mass is 16.5. The lowest BCUT2D eigenvalue weighted by Gasteiger charge is -2.24. The number of imidazole rings is 2. The van der Waals surface area contributed by atoms with Crippen molar-refractivity contribution in [1.29, 1.82) is 0 Å². The number of nitrogens with zero attached hydrogens (tertiary/aromatic N) is 3. The summed E-state index contributed by atoms with van der Waals surface area (Å²) in [6.07, 6.45) is 13.5. The molecule has 0 bridgehead atoms. The molecule has 0 unspecified atom stereocenters. The Bertz CT molecular complexity index is 2100. The highest BCUT2D eigenvalue weighted by Crippen LogP contribution is 2.28. The van der Waals surface area contributed by atoms with Crippen molar-refractivity contribution in [1.82, 2.24) is 30.2 Å². The van der Waals surface area contributed by atoms with Crippen LogP contribution in [0.5, 0.6) is 0 Å². The van der Waals surface area contributed by atoms with E-state index in [2.05, 4.69) is 136 Å². The average molecular weight is 968 g/mol. The molecule has 2 aromatic heterocycles. The van der Waals surface area contributed by atoms with Crippen LogP contribution in [0.15, 0.2) is 104 Å². The largest absolute Gasteiger partial charge is 0.469 e. The number of hydrogen-bond acceptors (Lipinski definition) is 9. The summed E-state index contributed by atoms with van der Waals surface area (Å²) in [6, 6.07) is 26.3. The molecule has 0 aliphatic carbocycles. The number of terminal acetylenes is 1. The summed E-state index contributed by atoms with van der Waals surface area (Å²) in [5.74, 6) is 1.90. The van der Waals surface area contributed by atoms with Crippen molar-refractivity contribution in [3.05, 3.63) is 122 Å². The maximum atomic E-state index is 12.9. The van der Waals surface area contributed by atoms with Gasteiger partial charge in [-0.05, 0) is 53.0 Å². The molecule has 0 spiro atoms. The lowest BCUT2D eigenvalue weighted by atomic mass is 10.0. The molecule has 5 rings (SSSR count). The molecule has 5 N–H and O–H groups in total. The zero-order chi connectivity index (χ0) is 54.0. The first kappa shape index (κ1) is 67.4. The van der Waals surface area contributed by atoms with Crippen molar-refractivity contribution >= 4 is 24.2 Å². The Hall–Kier alpha value is -6.82. The highest BCUT2D eigenvalue weighted by Gasteiger charge is 2.26. The Morgan fingerprint density at radius 2 is 1.19 bits per heavy atom. The molecule has 0 saturated heterocycles. The predicted molar refractivity (Wildman–Crippen MR) is 288 cm³/mol. The quantitative estimate of drug-likeness (QED) is 0.0303. The molecule has 2 heterocycles. The van der Waals surface area contributed by atoms with Gasteiger partial charge in [-0.3, -0.25) is 19.2 Å². The number of rotatable bonds is 17. The van der Waals surface area contributed by atoms with Crippen LogP contribution in [0.3, 0.4) is 0 Å². The maximum Gasteiger partial charge on any atom is 0.302 e. The van der Waals surface area contributed by atoms with E-state index in [-0.39, 0.29) is 36.2 Å². The Kier molecular flexibility index (Phi) is 40.8. The maximum absolute atomic E-state index is 12.9. The number of methoxy groups -OCH3 is 2. The number of nitrogens with one attached hydrogen (secondary N) is 3. The van der Waals surface area contributed by atoms with Crippen LogP contribution < -0.4 is 11.1 Å². The van der Waals surface area contributed by atoms with Gasteiger partial charge in [-0.15, -0.1) is 26.0 Å². The van der Waals surface area contributed by atoms with Gasteiger partial charge in [0.05, 0.1) is 50.1 Å². The van der Waals surface area contributed by atoms with Gasteiger partial charge in [0.1, 0.15) is 17.7 Å². The monoisotopic (exact) mass is 968 g/mol. The van der Waals surface area contributed by atoms with Crippen LogP contribution in [0.1, 0.15) is 119 Å². The fourth-order valence-corrected chi connectivity index (χ4v) is 6.05. The summed E-state index contributed by atoms with van der Waals surface area (Å²) < 4.78 is 14.6. The van der Waals surface area contributed by atoms with Crippen molar-refractivity contribution in [2.45, 2.75) is 121 Å². The molecule has 70 heavy (non-hydrogen) atoms. The Labute approximate surface area is 420 Å². The molecule has 0 saturated carbocycles. The third-order valence-electron chi connectivity index (χ3n) is 9.04. The number of hydrogen-bond donors (Lipinski definition) is 4. The van der Waals surface area contributed by atoms with Crippen molar-refractivity contribution < 1.29 is 33.4 Å². The van der Waals surface area contributed by atoms with E-state index in [1.807, 2.05) is 96.1 Å². The summed E-state index contributed by atoms with van der Waals surface area (Å²) in [7, 11) is 4.60. The van der Waals surface area contributed by atoms with Gasteiger partial charge in [-0.25, -0.2) is 9.97 Å². The Morgan fingerprint density at radius 1 is 0.757 bits per heavy atom. The average Bonchev–Trinajstić information content (AvgIpc) is 4.06. The second kappa shape index (κ2) is 42.3. The number of aromatic nitrogens is 4. The van der Waals surface area contributed by atoms with Crippen molar-refractivity contribution in [3.8, 4) is 46.5 Å². The molecule has 14 heteroatoms. The predicted octanol–water partition coefficient (Wildman–Crippen LogP) is 11.4. The van der Waals surface area contributed by atoms with E-state index < -0.39 is 6.04 Å². The van der Waals surface area contributed by atoms with Gasteiger partial charge in [0, 0.05) is 40.5 Å². The van der Waals surface area contributed by atoms with E-state index >= 15 is 0 Å². The van der Waals surface area contributed by atoms with Crippen LogP contribution in [-0.4, -0.2) is 83.0 Å². The summed E-state index contributed by atoms with van der Waals surface area (Å²) in [5.41, 5.74) is 11.2. The first-order chi connectivity index (χ1) is 33.7. The summed E-state index contributed by atoms with van der Waals surface area (Å²) in [6.45, 7) is 29.3. The number of ether oxygens (including phenoxy) is 3. The third kappa shape index (κ3) is 27.9. The van der Waals surface area contributed by atoms with Crippen LogP contribution in [0.4, 0.5) is 0 Å². The van der Waals surface area contributed by atoms with Gasteiger partial charge < -0.3 is 40.1 Å². The number of nitrogens with two attached hydrogens (primary N) is 1. The van der Waals surface area contributed by atoms with Gasteiger partial charge in [-0.1, -0.05) is 141 Å². The minimum Gasteiger partial charge on any atom is -0.469 e. The molecule has 3 amide bonds. The Balaban J connectivity index is -0.00000206. The number of esters is 1. The highest BCUT2D eigenvalue weighted by molar-refractivity contribution is 5.77. The molecular weight excluding hydrogens is 883 g/mol. The molecule has 5 aromatic rings. The van der Waals surface area contributed by atoms with Gasteiger partial charge in [0.15, 0.2) is 0 Å². The van der Waals surface area contributed by atoms with Crippen LogP contribution in [0, 0.1) is 24.7 Å². The van der Waals surface area contributed by atoms with E-state index in [1.54, 1.807) is 14.2 Å². The van der Waals surface area contributed by atoms with Crippen molar-refractivity contribution in [2.24, 2.45) is 17.6 Å². The zero-order valence-electron chi connectivity index (χ0n) is 44.6. The summed E-state index contributed by atoms with van der Waals surface area (Å²) in [4.78, 5) is 61.8. The standard InChI is InChI=1S/C42H52N6O3.C3H6O2.C2H6O.2C2H6.C2H4.C2H2.CH3NO/c1-7-21-48(40(50)23-29(4)5)26-38-43-24-36(45-38)34-17-13-32(14-18-34)33-15-19-35(20-16-33)37-25-44-42(46-37)41(47-39(49)22-28(2)3)30(6)51-27-31-11-9-8-10-12-31;1-3(4)5-2;1-3-2;4*1-2;2-1-3/h8-20,24-25,28-30,41H,7,21-23,26-27H2,1-6H3,(H,43,45)(H,44,46)(H,47,49);1-2H3;1-2H3;2*1-2H3;1-2H2;1-2H;1H,(H2,2,3)/t30-,41+;;;;;;;/m1......./s1. The normalized spacial score (nSPS) is 10.4. The molecule has 0 fully saturated rings. The molecule has 2 atom stereocenters. The molecule has 3 aromatic carbocycles. The van der Waals surface area contributed by atoms with E-state index in [0.29, 0.717) is 37.7 Å². The van der Waals surface area contributed by atoms with Gasteiger partial charge in [-0.2, -0.15) is 0 Å². The number of carbonyl (C=O) groups is 4. The van der Waals surface area contributed by atoms with Gasteiger partial charge in [0.2, 0.25) is 18.2 Å². The summed E-state index contributed by atoms with van der Waals surface area (Å²) >= 11 is 0.